The number of carbonyl (C=O) groups is 1. The number of benzene rings is 1. The lowest BCUT2D eigenvalue weighted by Gasteiger charge is -2.20. The van der Waals surface area contributed by atoms with Crippen molar-refractivity contribution >= 4 is 5.97 Å². The van der Waals surface area contributed by atoms with Crippen LogP contribution in [0.2, 0.25) is 0 Å². The number of carboxylic acid groups (broad SMARTS) is 1. The van der Waals surface area contributed by atoms with Crippen molar-refractivity contribution < 1.29 is 19.4 Å². The molecule has 1 aliphatic carbocycles. The lowest BCUT2D eigenvalue weighted by Crippen LogP contribution is -2.21. The van der Waals surface area contributed by atoms with Crippen LogP contribution in [0.4, 0.5) is 0 Å². The predicted octanol–water partition coefficient (Wildman–Crippen LogP) is 2.94. The minimum atomic E-state index is -0.773. The summed E-state index contributed by atoms with van der Waals surface area (Å²) in [4.78, 5) is 11.5. The topological polar surface area (TPSA) is 55.8 Å². The molecule has 4 heteroatoms. The zero-order valence-corrected chi connectivity index (χ0v) is 11.8. The van der Waals surface area contributed by atoms with Crippen LogP contribution < -0.4 is 9.47 Å². The van der Waals surface area contributed by atoms with Gasteiger partial charge in [-0.3, -0.25) is 4.79 Å². The van der Waals surface area contributed by atoms with Crippen LogP contribution in [0.3, 0.4) is 0 Å². The van der Waals surface area contributed by atoms with Crippen molar-refractivity contribution in [2.45, 2.75) is 38.0 Å². The third kappa shape index (κ3) is 2.15. The number of carboxylic acids is 1. The molecular weight excluding hydrogens is 244 g/mol. The summed E-state index contributed by atoms with van der Waals surface area (Å²) in [5, 5.41) is 9.45. The molecule has 0 saturated heterocycles. The highest BCUT2D eigenvalue weighted by atomic mass is 16.5. The maximum atomic E-state index is 11.5. The smallest absolute Gasteiger partial charge is 0.314 e. The molecule has 1 aromatic rings. The quantitative estimate of drug-likeness (QED) is 0.888. The molecule has 1 aromatic carbocycles. The van der Waals surface area contributed by atoms with Crippen molar-refractivity contribution in [3.63, 3.8) is 0 Å². The van der Waals surface area contributed by atoms with E-state index in [0.29, 0.717) is 18.6 Å². The van der Waals surface area contributed by atoms with Gasteiger partial charge in [0.2, 0.25) is 0 Å². The van der Waals surface area contributed by atoms with Crippen molar-refractivity contribution in [3.8, 4) is 11.5 Å². The minimum Gasteiger partial charge on any atom is -0.496 e. The Morgan fingerprint density at radius 3 is 2.16 bits per heavy atom. The van der Waals surface area contributed by atoms with Gasteiger partial charge in [0.1, 0.15) is 11.5 Å². The summed E-state index contributed by atoms with van der Waals surface area (Å²) in [6.07, 6.45) is 1.34. The minimum absolute atomic E-state index is 0.268. The Bertz CT molecular complexity index is 501. The van der Waals surface area contributed by atoms with Gasteiger partial charge in [-0.25, -0.2) is 0 Å². The summed E-state index contributed by atoms with van der Waals surface area (Å²) < 4.78 is 10.7. The first kappa shape index (κ1) is 13.7. The highest BCUT2D eigenvalue weighted by Gasteiger charge is 2.53. The molecule has 0 spiro atoms. The van der Waals surface area contributed by atoms with E-state index in [1.165, 1.54) is 0 Å². The van der Waals surface area contributed by atoms with E-state index in [-0.39, 0.29) is 5.92 Å². The van der Waals surface area contributed by atoms with Crippen LogP contribution in [-0.4, -0.2) is 25.3 Å². The van der Waals surface area contributed by atoms with Crippen molar-refractivity contribution in [1.82, 2.24) is 0 Å². The van der Waals surface area contributed by atoms with Gasteiger partial charge in [-0.05, 0) is 30.4 Å². The van der Waals surface area contributed by atoms with E-state index in [1.807, 2.05) is 6.07 Å². The van der Waals surface area contributed by atoms with E-state index in [0.717, 1.165) is 16.9 Å². The molecule has 0 amide bonds. The van der Waals surface area contributed by atoms with Crippen molar-refractivity contribution in [2.75, 3.05) is 14.2 Å². The largest absolute Gasteiger partial charge is 0.496 e. The SMILES string of the molecule is COc1cc(OC)c(C2(C(=O)O)CC2)cc1C(C)C. The van der Waals surface area contributed by atoms with Crippen molar-refractivity contribution in [3.05, 3.63) is 23.3 Å². The van der Waals surface area contributed by atoms with Crippen LogP contribution in [0.5, 0.6) is 11.5 Å². The summed E-state index contributed by atoms with van der Waals surface area (Å²) in [6, 6.07) is 3.73. The van der Waals surface area contributed by atoms with E-state index in [2.05, 4.69) is 13.8 Å². The lowest BCUT2D eigenvalue weighted by atomic mass is 9.90. The standard InChI is InChI=1S/C15H20O4/c1-9(2)10-7-11(15(5-6-15)14(16)17)13(19-4)8-12(10)18-3/h7-9H,5-6H2,1-4H3,(H,16,17). The van der Waals surface area contributed by atoms with Crippen molar-refractivity contribution in [2.24, 2.45) is 0 Å². The molecule has 2 rings (SSSR count). The Balaban J connectivity index is 2.60. The monoisotopic (exact) mass is 264 g/mol. The second-order valence-corrected chi connectivity index (χ2v) is 5.34. The molecule has 19 heavy (non-hydrogen) atoms. The van der Waals surface area contributed by atoms with E-state index in [9.17, 15) is 9.90 Å². The Morgan fingerprint density at radius 1 is 1.21 bits per heavy atom. The Labute approximate surface area is 113 Å². The first-order chi connectivity index (χ1) is 8.96. The van der Waals surface area contributed by atoms with Crippen LogP contribution in [0.1, 0.15) is 43.7 Å². The van der Waals surface area contributed by atoms with Gasteiger partial charge in [-0.15, -0.1) is 0 Å². The normalized spacial score (nSPS) is 16.3. The lowest BCUT2D eigenvalue weighted by molar-refractivity contribution is -0.140. The molecule has 1 saturated carbocycles. The molecule has 0 bridgehead atoms. The molecule has 104 valence electrons. The fourth-order valence-electron chi connectivity index (χ4n) is 2.47. The molecule has 0 aliphatic heterocycles. The maximum absolute atomic E-state index is 11.5. The Kier molecular flexibility index (Phi) is 3.43. The molecule has 1 N–H and O–H groups in total. The molecule has 1 aliphatic rings. The summed E-state index contributed by atoms with van der Waals surface area (Å²) in [5.41, 5.74) is 1.03. The Morgan fingerprint density at radius 2 is 1.79 bits per heavy atom. The van der Waals surface area contributed by atoms with Gasteiger partial charge in [0.25, 0.3) is 0 Å². The summed E-state index contributed by atoms with van der Waals surface area (Å²) in [7, 11) is 3.18. The molecular formula is C15H20O4. The number of methoxy groups -OCH3 is 2. The molecule has 0 heterocycles. The van der Waals surface area contributed by atoms with E-state index >= 15 is 0 Å². The van der Waals surface area contributed by atoms with Gasteiger partial charge in [-0.2, -0.15) is 0 Å². The first-order valence-corrected chi connectivity index (χ1v) is 6.46. The molecule has 0 aromatic heterocycles. The number of aliphatic carboxylic acids is 1. The zero-order valence-electron chi connectivity index (χ0n) is 11.8. The number of hydrogen-bond donors (Lipinski definition) is 1. The van der Waals surface area contributed by atoms with Gasteiger partial charge in [-0.1, -0.05) is 13.8 Å². The van der Waals surface area contributed by atoms with E-state index in [1.54, 1.807) is 20.3 Å². The molecule has 0 unspecified atom stereocenters. The van der Waals surface area contributed by atoms with Gasteiger partial charge >= 0.3 is 5.97 Å². The highest BCUT2D eigenvalue weighted by Crippen LogP contribution is 2.53. The maximum Gasteiger partial charge on any atom is 0.314 e. The molecule has 1 fully saturated rings. The van der Waals surface area contributed by atoms with E-state index in [4.69, 9.17) is 9.47 Å². The first-order valence-electron chi connectivity index (χ1n) is 6.46. The number of ether oxygens (including phenoxy) is 2. The summed E-state index contributed by atoms with van der Waals surface area (Å²) >= 11 is 0. The molecule has 0 radical (unpaired) electrons. The van der Waals surface area contributed by atoms with Crippen LogP contribution in [0, 0.1) is 0 Å². The second-order valence-electron chi connectivity index (χ2n) is 5.34. The van der Waals surface area contributed by atoms with Gasteiger partial charge in [0, 0.05) is 11.6 Å². The average molecular weight is 264 g/mol. The number of rotatable bonds is 5. The number of hydrogen-bond acceptors (Lipinski definition) is 3. The van der Waals surface area contributed by atoms with Gasteiger partial charge in [0.15, 0.2) is 0 Å². The van der Waals surface area contributed by atoms with Crippen LogP contribution in [-0.2, 0) is 10.2 Å². The van der Waals surface area contributed by atoms with Crippen LogP contribution in [0.15, 0.2) is 12.1 Å². The zero-order chi connectivity index (χ0) is 14.2. The average Bonchev–Trinajstić information content (AvgIpc) is 3.18. The van der Waals surface area contributed by atoms with Crippen LogP contribution >= 0.6 is 0 Å². The molecule has 0 atom stereocenters. The summed E-state index contributed by atoms with van der Waals surface area (Å²) in [6.45, 7) is 4.13. The third-order valence-electron chi connectivity index (χ3n) is 3.85. The second kappa shape index (κ2) is 4.76. The highest BCUT2D eigenvalue weighted by molar-refractivity contribution is 5.86. The predicted molar refractivity (Wildman–Crippen MR) is 72.2 cm³/mol. The van der Waals surface area contributed by atoms with Gasteiger partial charge in [0.05, 0.1) is 19.6 Å². The fraction of sp³-hybridized carbons (Fsp3) is 0.533. The van der Waals surface area contributed by atoms with Crippen molar-refractivity contribution in [1.29, 1.82) is 0 Å². The summed E-state index contributed by atoms with van der Waals surface area (Å²) in [5.74, 6) is 0.841. The Hall–Kier alpha value is -1.71. The van der Waals surface area contributed by atoms with Crippen LogP contribution in [0.25, 0.3) is 0 Å². The third-order valence-corrected chi connectivity index (χ3v) is 3.85. The fourth-order valence-corrected chi connectivity index (χ4v) is 2.47. The van der Waals surface area contributed by atoms with Gasteiger partial charge < -0.3 is 14.6 Å². The van der Waals surface area contributed by atoms with E-state index < -0.39 is 11.4 Å². The molecule has 4 nitrogen and oxygen atoms in total.